The smallest absolute Gasteiger partial charge is 0.335 e. The maximum atomic E-state index is 11.0. The Kier molecular flexibility index (Phi) is 3.02. The second-order valence-corrected chi connectivity index (χ2v) is 5.34. The molecule has 0 atom stereocenters. The Morgan fingerprint density at radius 2 is 2.25 bits per heavy atom. The zero-order valence-electron chi connectivity index (χ0n) is 10.8. The summed E-state index contributed by atoms with van der Waals surface area (Å²) in [5.74, 6) is -0.190. The molecule has 0 saturated carbocycles. The highest BCUT2D eigenvalue weighted by Gasteiger charge is 2.17. The number of aryl methyl sites for hydroxylation is 1. The number of hydrogen-bond donors (Lipinski definition) is 2. The molecule has 104 valence electrons. The molecule has 0 unspecified atom stereocenters. The van der Waals surface area contributed by atoms with E-state index in [2.05, 4.69) is 20.9 Å². The number of aromatic nitrogens is 3. The van der Waals surface area contributed by atoms with Gasteiger partial charge in [0.15, 0.2) is 0 Å². The predicted octanol–water partition coefficient (Wildman–Crippen LogP) is 1.79. The fourth-order valence-corrected chi connectivity index (χ4v) is 3.23. The molecule has 0 aliphatic carbocycles. The van der Waals surface area contributed by atoms with Gasteiger partial charge in [-0.2, -0.15) is 0 Å². The van der Waals surface area contributed by atoms with Gasteiger partial charge in [0.05, 0.1) is 22.3 Å². The number of carbonyl (C=O) groups is 1. The molecule has 3 aromatic rings. The van der Waals surface area contributed by atoms with Gasteiger partial charge in [0.1, 0.15) is 4.60 Å². The Morgan fingerprint density at radius 3 is 2.90 bits per heavy atom. The Labute approximate surface area is 122 Å². The SMILES string of the molecule is Cn1c(CCN)c(Br)n2c3ccc(C(=O)O)cc3nc12. The summed E-state index contributed by atoms with van der Waals surface area (Å²) >= 11 is 3.58. The average molecular weight is 337 g/mol. The Hall–Kier alpha value is -1.86. The molecule has 1 aromatic carbocycles. The van der Waals surface area contributed by atoms with Crippen molar-refractivity contribution in [3.05, 3.63) is 34.1 Å². The Morgan fingerprint density at radius 1 is 1.50 bits per heavy atom. The molecule has 0 bridgehead atoms. The summed E-state index contributed by atoms with van der Waals surface area (Å²) < 4.78 is 4.84. The summed E-state index contributed by atoms with van der Waals surface area (Å²) in [7, 11) is 1.93. The lowest BCUT2D eigenvalue weighted by atomic mass is 10.2. The van der Waals surface area contributed by atoms with Crippen LogP contribution in [0.4, 0.5) is 0 Å². The number of carboxylic acid groups (broad SMARTS) is 1. The highest BCUT2D eigenvalue weighted by molar-refractivity contribution is 9.10. The summed E-state index contributed by atoms with van der Waals surface area (Å²) in [6.45, 7) is 0.556. The number of benzene rings is 1. The maximum Gasteiger partial charge on any atom is 0.335 e. The number of hydrogen-bond acceptors (Lipinski definition) is 3. The van der Waals surface area contributed by atoms with E-state index in [0.717, 1.165) is 28.0 Å². The average Bonchev–Trinajstić information content (AvgIpc) is 2.90. The van der Waals surface area contributed by atoms with Crippen molar-refractivity contribution in [3.8, 4) is 0 Å². The molecule has 0 saturated heterocycles. The zero-order valence-corrected chi connectivity index (χ0v) is 12.4. The minimum atomic E-state index is -0.952. The van der Waals surface area contributed by atoms with Crippen LogP contribution in [-0.2, 0) is 13.5 Å². The normalized spacial score (nSPS) is 11.6. The van der Waals surface area contributed by atoms with Crippen LogP contribution < -0.4 is 5.73 Å². The molecule has 0 fully saturated rings. The second-order valence-electron chi connectivity index (χ2n) is 4.59. The summed E-state index contributed by atoms with van der Waals surface area (Å²) in [4.78, 5) is 15.5. The van der Waals surface area contributed by atoms with Crippen LogP contribution in [0.5, 0.6) is 0 Å². The quantitative estimate of drug-likeness (QED) is 0.763. The van der Waals surface area contributed by atoms with E-state index in [0.29, 0.717) is 12.1 Å². The highest BCUT2D eigenvalue weighted by atomic mass is 79.9. The largest absolute Gasteiger partial charge is 0.478 e. The van der Waals surface area contributed by atoms with Gasteiger partial charge in [0.25, 0.3) is 0 Å². The summed E-state index contributed by atoms with van der Waals surface area (Å²) in [5.41, 5.74) is 8.46. The Balaban J connectivity index is 2.34. The van der Waals surface area contributed by atoms with E-state index in [4.69, 9.17) is 10.8 Å². The van der Waals surface area contributed by atoms with Crippen LogP contribution >= 0.6 is 15.9 Å². The van der Waals surface area contributed by atoms with Crippen molar-refractivity contribution in [1.29, 1.82) is 0 Å². The van der Waals surface area contributed by atoms with E-state index in [1.54, 1.807) is 18.2 Å². The van der Waals surface area contributed by atoms with Gasteiger partial charge in [-0.3, -0.25) is 4.40 Å². The van der Waals surface area contributed by atoms with Crippen molar-refractivity contribution in [2.45, 2.75) is 6.42 Å². The number of carboxylic acids is 1. The lowest BCUT2D eigenvalue weighted by molar-refractivity contribution is 0.0697. The van der Waals surface area contributed by atoms with Crippen LogP contribution in [0.1, 0.15) is 16.1 Å². The van der Waals surface area contributed by atoms with Crippen molar-refractivity contribution in [3.63, 3.8) is 0 Å². The summed E-state index contributed by atoms with van der Waals surface area (Å²) in [6, 6.07) is 4.94. The molecule has 20 heavy (non-hydrogen) atoms. The van der Waals surface area contributed by atoms with Crippen molar-refractivity contribution in [2.24, 2.45) is 12.8 Å². The molecule has 0 amide bonds. The molecule has 7 heteroatoms. The van der Waals surface area contributed by atoms with Crippen molar-refractivity contribution in [2.75, 3.05) is 6.54 Å². The lowest BCUT2D eigenvalue weighted by Gasteiger charge is -2.01. The molecule has 3 N–H and O–H groups in total. The number of imidazole rings is 2. The minimum Gasteiger partial charge on any atom is -0.478 e. The monoisotopic (exact) mass is 336 g/mol. The number of nitrogens with zero attached hydrogens (tertiary/aromatic N) is 3. The fraction of sp³-hybridized carbons (Fsp3) is 0.231. The van der Waals surface area contributed by atoms with Gasteiger partial charge in [-0.15, -0.1) is 0 Å². The third-order valence-corrected chi connectivity index (χ3v) is 4.22. The van der Waals surface area contributed by atoms with Crippen LogP contribution in [0.25, 0.3) is 16.8 Å². The van der Waals surface area contributed by atoms with Crippen LogP contribution in [0.2, 0.25) is 0 Å². The topological polar surface area (TPSA) is 85.5 Å². The number of fused-ring (bicyclic) bond motifs is 3. The highest BCUT2D eigenvalue weighted by Crippen LogP contribution is 2.27. The fourth-order valence-electron chi connectivity index (χ4n) is 2.41. The summed E-state index contributed by atoms with van der Waals surface area (Å²) in [6.07, 6.45) is 0.745. The van der Waals surface area contributed by atoms with Gasteiger partial charge in [0.2, 0.25) is 5.78 Å². The third kappa shape index (κ3) is 1.74. The third-order valence-electron chi connectivity index (χ3n) is 3.40. The molecule has 2 aromatic heterocycles. The number of aromatic carboxylic acids is 1. The van der Waals surface area contributed by atoms with Crippen LogP contribution in [0.3, 0.4) is 0 Å². The van der Waals surface area contributed by atoms with Gasteiger partial charge in [-0.1, -0.05) is 0 Å². The van der Waals surface area contributed by atoms with Crippen molar-refractivity contribution >= 4 is 38.7 Å². The van der Waals surface area contributed by atoms with Crippen molar-refractivity contribution < 1.29 is 9.90 Å². The van der Waals surface area contributed by atoms with Gasteiger partial charge in [-0.25, -0.2) is 9.78 Å². The van der Waals surface area contributed by atoms with Crippen LogP contribution in [-0.4, -0.2) is 31.6 Å². The lowest BCUT2D eigenvalue weighted by Crippen LogP contribution is -2.07. The molecule has 0 aliphatic rings. The first-order valence-electron chi connectivity index (χ1n) is 6.13. The molecule has 2 heterocycles. The predicted molar refractivity (Wildman–Crippen MR) is 79.1 cm³/mol. The molecular formula is C13H13BrN4O2. The molecule has 0 radical (unpaired) electrons. The van der Waals surface area contributed by atoms with E-state index in [9.17, 15) is 4.79 Å². The molecular weight excluding hydrogens is 324 g/mol. The zero-order chi connectivity index (χ0) is 14.4. The van der Waals surface area contributed by atoms with Crippen molar-refractivity contribution in [1.82, 2.24) is 14.0 Å². The molecule has 3 rings (SSSR count). The first kappa shape index (κ1) is 13.1. The molecule has 6 nitrogen and oxygen atoms in total. The Bertz CT molecular complexity index is 834. The van der Waals surface area contributed by atoms with E-state index < -0.39 is 5.97 Å². The number of nitrogens with two attached hydrogens (primary N) is 1. The number of halogens is 1. The number of rotatable bonds is 3. The van der Waals surface area contributed by atoms with Gasteiger partial charge in [-0.05, 0) is 40.7 Å². The van der Waals surface area contributed by atoms with Gasteiger partial charge >= 0.3 is 5.97 Å². The molecule has 0 aliphatic heterocycles. The van der Waals surface area contributed by atoms with Gasteiger partial charge in [0, 0.05) is 13.5 Å². The summed E-state index contributed by atoms with van der Waals surface area (Å²) in [5, 5.41) is 9.03. The molecule has 0 spiro atoms. The van der Waals surface area contributed by atoms with Crippen LogP contribution in [0, 0.1) is 0 Å². The van der Waals surface area contributed by atoms with E-state index in [-0.39, 0.29) is 5.56 Å². The second kappa shape index (κ2) is 4.60. The van der Waals surface area contributed by atoms with Gasteiger partial charge < -0.3 is 15.4 Å². The van der Waals surface area contributed by atoms with E-state index in [1.165, 1.54) is 0 Å². The maximum absolute atomic E-state index is 11.0. The van der Waals surface area contributed by atoms with E-state index in [1.807, 2.05) is 16.0 Å². The van der Waals surface area contributed by atoms with Crippen LogP contribution in [0.15, 0.2) is 22.8 Å². The van der Waals surface area contributed by atoms with E-state index >= 15 is 0 Å². The first-order chi connectivity index (χ1) is 9.54. The minimum absolute atomic E-state index is 0.235. The standard InChI is InChI=1S/C13H13BrN4O2/c1-17-10(4-5-15)11(14)18-9-3-2-7(12(19)20)6-8(9)16-13(17)18/h2-3,6H,4-5,15H2,1H3,(H,19,20). The first-order valence-corrected chi connectivity index (χ1v) is 6.92.